The Morgan fingerprint density at radius 3 is 2.43 bits per heavy atom. The zero-order chi connectivity index (χ0) is 20.3. The highest BCUT2D eigenvalue weighted by Gasteiger charge is 2.21. The van der Waals surface area contributed by atoms with Gasteiger partial charge in [0.2, 0.25) is 0 Å². The molecule has 0 aliphatic heterocycles. The molecule has 0 bridgehead atoms. The highest BCUT2D eigenvalue weighted by Crippen LogP contribution is 2.18. The molecular formula is C19H15F2N3O4. The first-order chi connectivity index (χ1) is 13.3. The third-order valence-electron chi connectivity index (χ3n) is 3.99. The minimum Gasteiger partial charge on any atom is -0.481 e. The van der Waals surface area contributed by atoms with E-state index in [0.717, 1.165) is 28.9 Å². The number of aromatic amines is 1. The molecule has 0 aliphatic carbocycles. The molecule has 0 saturated heterocycles. The zero-order valence-electron chi connectivity index (χ0n) is 14.4. The summed E-state index contributed by atoms with van der Waals surface area (Å²) in [5.74, 6) is -2.98. The lowest BCUT2D eigenvalue weighted by Crippen LogP contribution is -2.30. The molecule has 1 aromatic heterocycles. The van der Waals surface area contributed by atoms with Crippen LogP contribution in [-0.4, -0.2) is 26.8 Å². The maximum absolute atomic E-state index is 13.5. The quantitative estimate of drug-likeness (QED) is 0.604. The molecule has 1 heterocycles. The van der Waals surface area contributed by atoms with Crippen LogP contribution in [0.1, 0.15) is 28.5 Å². The monoisotopic (exact) mass is 387 g/mol. The standard InChI is InChI=1S/C19H15F2N3O4/c20-12-4-6-14(7-5-12)24-17(25)9-16(23-24)19(28)22-15(10-18(26)27)11-2-1-3-13(21)8-11/h1-9,15,23H,10H2,(H,22,28)(H,26,27)/t15-/m0/s1. The molecule has 3 rings (SSSR count). The van der Waals surface area contributed by atoms with Gasteiger partial charge in [-0.25, -0.2) is 13.5 Å². The second-order valence-corrected chi connectivity index (χ2v) is 6.00. The molecule has 0 aliphatic rings. The average Bonchev–Trinajstić information content (AvgIpc) is 3.03. The molecule has 0 fully saturated rings. The van der Waals surface area contributed by atoms with E-state index in [2.05, 4.69) is 10.4 Å². The average molecular weight is 387 g/mol. The Bertz CT molecular complexity index is 1070. The van der Waals surface area contributed by atoms with Crippen molar-refractivity contribution < 1.29 is 23.5 Å². The smallest absolute Gasteiger partial charge is 0.305 e. The van der Waals surface area contributed by atoms with E-state index < -0.39 is 41.5 Å². The van der Waals surface area contributed by atoms with E-state index in [9.17, 15) is 23.2 Å². The maximum atomic E-state index is 13.5. The Kier molecular flexibility index (Phi) is 5.35. The highest BCUT2D eigenvalue weighted by molar-refractivity contribution is 5.92. The third-order valence-corrected chi connectivity index (χ3v) is 3.99. The number of rotatable bonds is 6. The number of amides is 1. The number of hydrogen-bond donors (Lipinski definition) is 3. The van der Waals surface area contributed by atoms with Gasteiger partial charge in [-0.2, -0.15) is 0 Å². The third kappa shape index (κ3) is 4.32. The fourth-order valence-electron chi connectivity index (χ4n) is 2.68. The van der Waals surface area contributed by atoms with E-state index in [1.165, 1.54) is 30.3 Å². The van der Waals surface area contributed by atoms with Gasteiger partial charge in [0.05, 0.1) is 18.2 Å². The summed E-state index contributed by atoms with van der Waals surface area (Å²) in [6.07, 6.45) is -0.474. The van der Waals surface area contributed by atoms with Gasteiger partial charge < -0.3 is 10.4 Å². The molecule has 7 nitrogen and oxygen atoms in total. The molecule has 0 spiro atoms. The lowest BCUT2D eigenvalue weighted by Gasteiger charge is -2.17. The molecule has 9 heteroatoms. The molecule has 0 saturated carbocycles. The summed E-state index contributed by atoms with van der Waals surface area (Å²) in [5, 5.41) is 14.1. The predicted octanol–water partition coefficient (Wildman–Crippen LogP) is 2.39. The molecule has 1 amide bonds. The van der Waals surface area contributed by atoms with Crippen LogP contribution in [0.5, 0.6) is 0 Å². The van der Waals surface area contributed by atoms with E-state index in [0.29, 0.717) is 5.69 Å². The first-order valence-corrected chi connectivity index (χ1v) is 8.19. The van der Waals surface area contributed by atoms with Crippen molar-refractivity contribution in [3.8, 4) is 5.69 Å². The number of halogens is 2. The highest BCUT2D eigenvalue weighted by atomic mass is 19.1. The second-order valence-electron chi connectivity index (χ2n) is 6.00. The SMILES string of the molecule is O=C(O)C[C@H](NC(=O)c1cc(=O)n(-c2ccc(F)cc2)[nH]1)c1cccc(F)c1. The Balaban J connectivity index is 1.86. The number of carbonyl (C=O) groups excluding carboxylic acids is 1. The lowest BCUT2D eigenvalue weighted by atomic mass is 10.0. The van der Waals surface area contributed by atoms with Crippen molar-refractivity contribution in [1.82, 2.24) is 15.1 Å². The van der Waals surface area contributed by atoms with Gasteiger partial charge in [-0.15, -0.1) is 0 Å². The minimum atomic E-state index is -1.19. The van der Waals surface area contributed by atoms with Crippen molar-refractivity contribution in [3.63, 3.8) is 0 Å². The van der Waals surface area contributed by atoms with Crippen molar-refractivity contribution in [2.24, 2.45) is 0 Å². The number of aromatic nitrogens is 2. The molecule has 3 N–H and O–H groups in total. The van der Waals surface area contributed by atoms with Crippen LogP contribution >= 0.6 is 0 Å². The van der Waals surface area contributed by atoms with Gasteiger partial charge >= 0.3 is 5.97 Å². The summed E-state index contributed by atoms with van der Waals surface area (Å²) < 4.78 is 27.5. The summed E-state index contributed by atoms with van der Waals surface area (Å²) in [4.78, 5) is 35.7. The number of carboxylic acid groups (broad SMARTS) is 1. The van der Waals surface area contributed by atoms with Gasteiger partial charge in [-0.05, 0) is 42.0 Å². The van der Waals surface area contributed by atoms with Gasteiger partial charge in [0.15, 0.2) is 0 Å². The lowest BCUT2D eigenvalue weighted by molar-refractivity contribution is -0.137. The van der Waals surface area contributed by atoms with Gasteiger partial charge in [-0.1, -0.05) is 12.1 Å². The number of carbonyl (C=O) groups is 2. The van der Waals surface area contributed by atoms with Crippen molar-refractivity contribution in [2.75, 3.05) is 0 Å². The topological polar surface area (TPSA) is 104 Å². The number of benzene rings is 2. The Morgan fingerprint density at radius 1 is 1.07 bits per heavy atom. The number of aliphatic carboxylic acids is 1. The first-order valence-electron chi connectivity index (χ1n) is 8.19. The fraction of sp³-hybridized carbons (Fsp3) is 0.105. The molecule has 1 atom stereocenters. The van der Waals surface area contributed by atoms with E-state index >= 15 is 0 Å². The molecule has 3 aromatic rings. The number of carboxylic acids is 1. The first kappa shape index (κ1) is 19.0. The molecule has 144 valence electrons. The molecule has 2 aromatic carbocycles. The molecule has 28 heavy (non-hydrogen) atoms. The van der Waals surface area contributed by atoms with Crippen molar-refractivity contribution in [2.45, 2.75) is 12.5 Å². The van der Waals surface area contributed by atoms with Crippen molar-refractivity contribution >= 4 is 11.9 Å². The van der Waals surface area contributed by atoms with Gasteiger partial charge in [0.1, 0.15) is 17.3 Å². The van der Waals surface area contributed by atoms with Crippen LogP contribution < -0.4 is 10.9 Å². The summed E-state index contributed by atoms with van der Waals surface area (Å²) in [6, 6.07) is 10.3. The van der Waals surface area contributed by atoms with Gasteiger partial charge in [0.25, 0.3) is 11.5 Å². The van der Waals surface area contributed by atoms with Crippen LogP contribution in [0.25, 0.3) is 5.69 Å². The Hall–Kier alpha value is -3.75. The number of hydrogen-bond acceptors (Lipinski definition) is 3. The van der Waals surface area contributed by atoms with Crippen LogP contribution in [0.15, 0.2) is 59.4 Å². The number of nitrogens with one attached hydrogen (secondary N) is 2. The van der Waals surface area contributed by atoms with Crippen LogP contribution in [0, 0.1) is 11.6 Å². The zero-order valence-corrected chi connectivity index (χ0v) is 14.4. The van der Waals surface area contributed by atoms with Crippen LogP contribution in [0.2, 0.25) is 0 Å². The van der Waals surface area contributed by atoms with Crippen molar-refractivity contribution in [1.29, 1.82) is 0 Å². The van der Waals surface area contributed by atoms with Crippen LogP contribution in [-0.2, 0) is 4.79 Å². The van der Waals surface area contributed by atoms with Gasteiger partial charge in [-0.3, -0.25) is 19.5 Å². The fourth-order valence-corrected chi connectivity index (χ4v) is 2.68. The van der Waals surface area contributed by atoms with E-state index in [4.69, 9.17) is 5.11 Å². The number of H-pyrrole nitrogens is 1. The van der Waals surface area contributed by atoms with Crippen molar-refractivity contribution in [3.05, 3.63) is 87.8 Å². The Morgan fingerprint density at radius 2 is 1.79 bits per heavy atom. The molecular weight excluding hydrogens is 372 g/mol. The predicted molar refractivity (Wildman–Crippen MR) is 95.2 cm³/mol. The van der Waals surface area contributed by atoms with Crippen LogP contribution in [0.3, 0.4) is 0 Å². The minimum absolute atomic E-state index is 0.124. The summed E-state index contributed by atoms with van der Waals surface area (Å²) in [7, 11) is 0. The van der Waals surface area contributed by atoms with E-state index in [-0.39, 0.29) is 11.3 Å². The summed E-state index contributed by atoms with van der Waals surface area (Å²) in [6.45, 7) is 0. The normalized spacial score (nSPS) is 11.8. The maximum Gasteiger partial charge on any atom is 0.305 e. The van der Waals surface area contributed by atoms with E-state index in [1.54, 1.807) is 0 Å². The molecule has 0 unspecified atom stereocenters. The number of nitrogens with zero attached hydrogens (tertiary/aromatic N) is 1. The second kappa shape index (κ2) is 7.87. The largest absolute Gasteiger partial charge is 0.481 e. The van der Waals surface area contributed by atoms with E-state index in [1.807, 2.05) is 0 Å². The molecule has 0 radical (unpaired) electrons. The Labute approximate surface area is 157 Å². The van der Waals surface area contributed by atoms with Gasteiger partial charge in [0, 0.05) is 6.07 Å². The summed E-state index contributed by atoms with van der Waals surface area (Å²) >= 11 is 0. The van der Waals surface area contributed by atoms with Crippen LogP contribution in [0.4, 0.5) is 8.78 Å². The summed E-state index contributed by atoms with van der Waals surface area (Å²) in [5.41, 5.74) is -0.0906.